The molecular weight excluding hydrogens is 582 g/mol. The Bertz CT molecular complexity index is 1440. The van der Waals surface area contributed by atoms with E-state index >= 15 is 0 Å². The number of carbonyl (C=O) groups is 3. The van der Waals surface area contributed by atoms with Crippen LogP contribution < -0.4 is 20.1 Å². The van der Waals surface area contributed by atoms with Gasteiger partial charge in [-0.25, -0.2) is 0 Å². The molecule has 0 bridgehead atoms. The number of piperidine rings is 1. The van der Waals surface area contributed by atoms with Gasteiger partial charge < -0.3 is 25.5 Å². The fourth-order valence-corrected chi connectivity index (χ4v) is 5.97. The first-order valence-corrected chi connectivity index (χ1v) is 14.9. The largest absolute Gasteiger partial charge is 0.619 e. The lowest BCUT2D eigenvalue weighted by atomic mass is 9.81. The summed E-state index contributed by atoms with van der Waals surface area (Å²) < 4.78 is 6.65. The normalized spacial score (nSPS) is 18.0. The predicted molar refractivity (Wildman–Crippen MR) is 168 cm³/mol. The van der Waals surface area contributed by atoms with Gasteiger partial charge in [-0.1, -0.05) is 25.5 Å². The van der Waals surface area contributed by atoms with E-state index in [1.807, 2.05) is 29.2 Å². The summed E-state index contributed by atoms with van der Waals surface area (Å²) in [4.78, 5) is 43.3. The Labute approximate surface area is 264 Å². The molecule has 0 radical (unpaired) electrons. The van der Waals surface area contributed by atoms with E-state index in [9.17, 15) is 19.6 Å². The van der Waals surface area contributed by atoms with Crippen molar-refractivity contribution in [2.45, 2.75) is 57.2 Å². The Kier molecular flexibility index (Phi) is 10.8. The number of hydrogen-bond donors (Lipinski definition) is 2. The highest BCUT2D eigenvalue weighted by atomic mass is 35.5. The average molecular weight is 622 g/mol. The van der Waals surface area contributed by atoms with Crippen LogP contribution in [-0.2, 0) is 22.6 Å². The lowest BCUT2D eigenvalue weighted by Crippen LogP contribution is -2.73. The van der Waals surface area contributed by atoms with E-state index in [2.05, 4.69) is 22.5 Å². The van der Waals surface area contributed by atoms with E-state index in [1.54, 1.807) is 43.4 Å². The van der Waals surface area contributed by atoms with Crippen LogP contribution in [0.2, 0.25) is 0 Å². The number of rotatable bonds is 10. The highest BCUT2D eigenvalue weighted by molar-refractivity contribution is 6.00. The second-order valence-electron chi connectivity index (χ2n) is 11.3. The first kappa shape index (κ1) is 32.8. The molecule has 0 saturated carbocycles. The first-order valence-electron chi connectivity index (χ1n) is 14.9. The molecule has 1 spiro atoms. The topological polar surface area (TPSA) is 118 Å². The Morgan fingerprint density at radius 3 is 2.32 bits per heavy atom. The number of nitrogens with one attached hydrogen (secondary N) is 2. The average Bonchev–Trinajstić information content (AvgIpc) is 3.02. The molecule has 2 N–H and O–H groups in total. The summed E-state index contributed by atoms with van der Waals surface area (Å²) in [5.74, 6) is 1.04. The van der Waals surface area contributed by atoms with Crippen molar-refractivity contribution >= 4 is 30.1 Å². The van der Waals surface area contributed by atoms with E-state index in [4.69, 9.17) is 4.74 Å². The summed E-state index contributed by atoms with van der Waals surface area (Å²) in [7, 11) is 1.60. The minimum atomic E-state index is -0.848. The summed E-state index contributed by atoms with van der Waals surface area (Å²) in [6.07, 6.45) is 6.03. The standard InChI is InChI=1S/C33H39N5O5.ClH/c1-3-4-18-38-31(40)29(21-25-6-5-17-37(42)23-25)35-32(41)33(38)15-19-36(20-16-33)22-24-7-11-27(12-8-24)43-28-13-9-26(10-14-28)30(39)34-2;/h5-14,17,23,29H,3-4,15-16,18-22H2,1-2H3,(H,34,39)(H,35,41);1H/t29-;/m0./s1. The Hall–Kier alpha value is -4.15. The molecule has 2 fully saturated rings. The van der Waals surface area contributed by atoms with Gasteiger partial charge in [-0.05, 0) is 67.3 Å². The lowest BCUT2D eigenvalue weighted by molar-refractivity contribution is -0.605. The summed E-state index contributed by atoms with van der Waals surface area (Å²) in [6, 6.07) is 17.7. The van der Waals surface area contributed by atoms with Gasteiger partial charge in [-0.2, -0.15) is 4.73 Å². The van der Waals surface area contributed by atoms with Crippen LogP contribution in [0.3, 0.4) is 0 Å². The number of amides is 3. The first-order chi connectivity index (χ1) is 20.8. The van der Waals surface area contributed by atoms with Gasteiger partial charge in [0.05, 0.1) is 0 Å². The molecule has 1 atom stereocenters. The molecule has 2 aromatic carbocycles. The highest BCUT2D eigenvalue weighted by Crippen LogP contribution is 2.34. The third kappa shape index (κ3) is 7.31. The number of carbonyl (C=O) groups excluding carboxylic acids is 3. The minimum Gasteiger partial charge on any atom is -0.619 e. The van der Waals surface area contributed by atoms with Crippen LogP contribution in [0.15, 0.2) is 73.1 Å². The maximum atomic E-state index is 13.7. The van der Waals surface area contributed by atoms with Crippen molar-refractivity contribution in [1.29, 1.82) is 0 Å². The molecule has 2 aliphatic rings. The van der Waals surface area contributed by atoms with Gasteiger partial charge in [0.25, 0.3) is 5.91 Å². The summed E-state index contributed by atoms with van der Waals surface area (Å²) >= 11 is 0. The van der Waals surface area contributed by atoms with Crippen molar-refractivity contribution in [2.24, 2.45) is 0 Å². The Morgan fingerprint density at radius 1 is 1.05 bits per heavy atom. The summed E-state index contributed by atoms with van der Waals surface area (Å²) in [5, 5.41) is 17.3. The number of ether oxygens (including phenoxy) is 1. The molecule has 5 rings (SSSR count). The molecule has 10 nitrogen and oxygen atoms in total. The van der Waals surface area contributed by atoms with Crippen molar-refractivity contribution < 1.29 is 23.9 Å². The number of piperazine rings is 1. The number of unbranched alkanes of at least 4 members (excludes halogenated alkanes) is 1. The van der Waals surface area contributed by atoms with Crippen LogP contribution in [0.1, 0.15) is 54.1 Å². The monoisotopic (exact) mass is 621 g/mol. The van der Waals surface area contributed by atoms with Gasteiger partial charge in [-0.15, -0.1) is 12.4 Å². The van der Waals surface area contributed by atoms with Crippen LogP contribution >= 0.6 is 12.4 Å². The second-order valence-corrected chi connectivity index (χ2v) is 11.3. The Morgan fingerprint density at radius 2 is 1.70 bits per heavy atom. The number of likely N-dealkylation sites (tertiary alicyclic amines) is 1. The minimum absolute atomic E-state index is 0. The van der Waals surface area contributed by atoms with Gasteiger partial charge >= 0.3 is 0 Å². The lowest BCUT2D eigenvalue weighted by Gasteiger charge is -2.51. The number of hydrogen-bond acceptors (Lipinski definition) is 6. The second kappa shape index (κ2) is 14.5. The smallest absolute Gasteiger partial charge is 0.251 e. The zero-order valence-electron chi connectivity index (χ0n) is 25.2. The molecule has 3 aromatic rings. The van der Waals surface area contributed by atoms with E-state index in [0.29, 0.717) is 66.3 Å². The molecule has 0 unspecified atom stereocenters. The third-order valence-corrected chi connectivity index (χ3v) is 8.41. The number of pyridine rings is 1. The van der Waals surface area contributed by atoms with Gasteiger partial charge in [0, 0.05) is 56.8 Å². The predicted octanol–water partition coefficient (Wildman–Crippen LogP) is 3.60. The number of nitrogens with zero attached hydrogens (tertiary/aromatic N) is 3. The summed E-state index contributed by atoms with van der Waals surface area (Å²) in [5.41, 5.74) is 1.57. The number of halogens is 1. The summed E-state index contributed by atoms with van der Waals surface area (Å²) in [6.45, 7) is 4.74. The highest BCUT2D eigenvalue weighted by Gasteiger charge is 2.53. The van der Waals surface area contributed by atoms with Gasteiger partial charge in [0.15, 0.2) is 12.4 Å². The molecule has 3 heterocycles. The van der Waals surface area contributed by atoms with Crippen molar-refractivity contribution in [3.8, 4) is 11.5 Å². The Balaban J connectivity index is 0.00000442. The van der Waals surface area contributed by atoms with Gasteiger partial charge in [0.1, 0.15) is 23.1 Å². The van der Waals surface area contributed by atoms with E-state index < -0.39 is 11.6 Å². The van der Waals surface area contributed by atoms with E-state index in [-0.39, 0.29) is 30.1 Å². The number of aromatic nitrogens is 1. The van der Waals surface area contributed by atoms with Gasteiger partial charge in [0.2, 0.25) is 11.8 Å². The van der Waals surface area contributed by atoms with Gasteiger partial charge in [-0.3, -0.25) is 19.3 Å². The molecule has 1 aromatic heterocycles. The quantitative estimate of drug-likeness (QED) is 0.264. The fourth-order valence-electron chi connectivity index (χ4n) is 5.97. The molecule has 0 aliphatic carbocycles. The van der Waals surface area contributed by atoms with Crippen LogP contribution in [0.4, 0.5) is 0 Å². The molecule has 234 valence electrons. The van der Waals surface area contributed by atoms with E-state index in [1.165, 1.54) is 12.4 Å². The van der Waals surface area contributed by atoms with Crippen LogP contribution in [0.5, 0.6) is 11.5 Å². The van der Waals surface area contributed by atoms with Crippen molar-refractivity contribution in [3.05, 3.63) is 95.0 Å². The van der Waals surface area contributed by atoms with Crippen molar-refractivity contribution in [3.63, 3.8) is 0 Å². The van der Waals surface area contributed by atoms with Crippen molar-refractivity contribution in [1.82, 2.24) is 20.4 Å². The molecule has 2 aliphatic heterocycles. The zero-order valence-corrected chi connectivity index (χ0v) is 26.0. The SMILES string of the molecule is CCCCN1C(=O)[C@H](Cc2ccc[n+]([O-])c2)NC(=O)C12CCN(Cc1ccc(Oc3ccc(C(=O)NC)cc3)cc1)CC2.Cl. The molecule has 3 amide bonds. The molecule has 2 saturated heterocycles. The third-order valence-electron chi connectivity index (χ3n) is 8.41. The van der Waals surface area contributed by atoms with Crippen LogP contribution in [0, 0.1) is 5.21 Å². The van der Waals surface area contributed by atoms with Crippen LogP contribution in [-0.4, -0.2) is 65.8 Å². The molecular formula is C33H40ClN5O5. The maximum Gasteiger partial charge on any atom is 0.251 e. The number of benzene rings is 2. The zero-order chi connectivity index (χ0) is 30.4. The molecule has 11 heteroatoms. The van der Waals surface area contributed by atoms with E-state index in [0.717, 1.165) is 24.9 Å². The van der Waals surface area contributed by atoms with Crippen LogP contribution in [0.25, 0.3) is 0 Å². The van der Waals surface area contributed by atoms with Crippen molar-refractivity contribution in [2.75, 3.05) is 26.7 Å². The fraction of sp³-hybridized carbons (Fsp3) is 0.394. The maximum absolute atomic E-state index is 13.7. The molecule has 44 heavy (non-hydrogen) atoms.